The van der Waals surface area contributed by atoms with Crippen LogP contribution in [-0.2, 0) is 0 Å². The third-order valence-corrected chi connectivity index (χ3v) is 2.05. The molecule has 0 unspecified atom stereocenters. The van der Waals surface area contributed by atoms with E-state index in [1.54, 1.807) is 0 Å². The van der Waals surface area contributed by atoms with Crippen LogP contribution < -0.4 is 0 Å². The van der Waals surface area contributed by atoms with Gasteiger partial charge in [-0.2, -0.15) is 0 Å². The summed E-state index contributed by atoms with van der Waals surface area (Å²) >= 11 is 0. The molecule has 0 N–H and O–H groups in total. The van der Waals surface area contributed by atoms with Gasteiger partial charge in [0.1, 0.15) is 0 Å². The van der Waals surface area contributed by atoms with Gasteiger partial charge < -0.3 is 0 Å². The zero-order valence-corrected chi connectivity index (χ0v) is 6.15. The molecule has 0 aliphatic carbocycles. The normalized spacial score (nSPS) is 28.3. The Balaban J connectivity index is 2.49. The molecule has 0 saturated carbocycles. The summed E-state index contributed by atoms with van der Waals surface area (Å²) in [5, 5.41) is 0.955. The molecule has 0 spiro atoms. The van der Waals surface area contributed by atoms with E-state index in [2.05, 4.69) is 0 Å². The van der Waals surface area contributed by atoms with Gasteiger partial charge in [-0.15, -0.1) is 9.60 Å². The van der Waals surface area contributed by atoms with Crippen LogP contribution >= 0.6 is 0 Å². The van der Waals surface area contributed by atoms with Gasteiger partial charge in [-0.05, 0) is 26.7 Å². The maximum Gasteiger partial charge on any atom is 0.0456 e. The Labute approximate surface area is 55.8 Å². The molecule has 9 heavy (non-hydrogen) atoms. The minimum absolute atomic E-state index is 0.196. The molecule has 0 aromatic rings. The molecule has 1 aliphatic rings. The lowest BCUT2D eigenvalue weighted by Gasteiger charge is -2.35. The molecule has 1 fully saturated rings. The minimum atomic E-state index is -0.196. The van der Waals surface area contributed by atoms with Crippen LogP contribution in [0.15, 0.2) is 0 Å². The predicted molar refractivity (Wildman–Crippen MR) is 35.7 cm³/mol. The second-order valence-corrected chi connectivity index (χ2v) is 3.36. The van der Waals surface area contributed by atoms with Crippen LogP contribution in [0.25, 0.3) is 0 Å². The summed E-state index contributed by atoms with van der Waals surface area (Å²) in [4.78, 5) is 0. The molecular formula is C7H14FN. The van der Waals surface area contributed by atoms with E-state index in [0.717, 1.165) is 18.0 Å². The molecule has 2 heteroatoms. The Morgan fingerprint density at radius 3 is 2.33 bits per heavy atom. The van der Waals surface area contributed by atoms with Gasteiger partial charge in [-0.3, -0.25) is 0 Å². The molecule has 54 valence electrons. The third kappa shape index (κ3) is 1.42. The fourth-order valence-electron chi connectivity index (χ4n) is 1.23. The van der Waals surface area contributed by atoms with Crippen LogP contribution in [0.2, 0.25) is 0 Å². The van der Waals surface area contributed by atoms with E-state index < -0.39 is 0 Å². The van der Waals surface area contributed by atoms with Crippen molar-refractivity contribution in [3.63, 3.8) is 0 Å². The lowest BCUT2D eigenvalue weighted by atomic mass is 9.93. The first-order valence-corrected chi connectivity index (χ1v) is 3.56. The van der Waals surface area contributed by atoms with Crippen LogP contribution in [0.3, 0.4) is 0 Å². The monoisotopic (exact) mass is 131 g/mol. The standard InChI is InChI=1S/C7H14FN/c1-7(2)5-3-4-6-9(7)8/h3-6H2,1-2H3. The van der Waals surface area contributed by atoms with Crippen molar-refractivity contribution >= 4 is 0 Å². The summed E-state index contributed by atoms with van der Waals surface area (Å²) in [6, 6.07) is 0. The highest BCUT2D eigenvalue weighted by Gasteiger charge is 2.29. The Morgan fingerprint density at radius 2 is 2.00 bits per heavy atom. The van der Waals surface area contributed by atoms with Crippen molar-refractivity contribution in [3.05, 3.63) is 0 Å². The lowest BCUT2D eigenvalue weighted by Crippen LogP contribution is -2.41. The first-order chi connectivity index (χ1) is 4.13. The van der Waals surface area contributed by atoms with E-state index in [1.807, 2.05) is 13.8 Å². The minimum Gasteiger partial charge on any atom is -0.141 e. The van der Waals surface area contributed by atoms with Gasteiger partial charge in [0.05, 0.1) is 0 Å². The average molecular weight is 131 g/mol. The van der Waals surface area contributed by atoms with E-state index in [9.17, 15) is 4.48 Å². The largest absolute Gasteiger partial charge is 0.141 e. The Morgan fingerprint density at radius 1 is 1.33 bits per heavy atom. The van der Waals surface area contributed by atoms with Gasteiger partial charge in [0, 0.05) is 12.1 Å². The molecule has 1 aliphatic heterocycles. The van der Waals surface area contributed by atoms with Gasteiger partial charge in [0.2, 0.25) is 0 Å². The highest BCUT2D eigenvalue weighted by Crippen LogP contribution is 2.26. The first-order valence-electron chi connectivity index (χ1n) is 3.56. The van der Waals surface area contributed by atoms with E-state index in [-0.39, 0.29) is 5.54 Å². The maximum atomic E-state index is 12.8. The van der Waals surface area contributed by atoms with E-state index in [1.165, 1.54) is 6.42 Å². The van der Waals surface area contributed by atoms with Crippen LogP contribution in [0.1, 0.15) is 33.1 Å². The fraction of sp³-hybridized carbons (Fsp3) is 1.00. The molecule has 0 aromatic carbocycles. The molecule has 1 rings (SSSR count). The van der Waals surface area contributed by atoms with Crippen LogP contribution in [0, 0.1) is 0 Å². The first kappa shape index (κ1) is 7.00. The third-order valence-electron chi connectivity index (χ3n) is 2.05. The number of hydrogen-bond acceptors (Lipinski definition) is 1. The topological polar surface area (TPSA) is 3.24 Å². The van der Waals surface area contributed by atoms with Crippen LogP contribution in [0.5, 0.6) is 0 Å². The molecule has 0 atom stereocenters. The molecule has 0 bridgehead atoms. The fourth-order valence-corrected chi connectivity index (χ4v) is 1.23. The Kier molecular flexibility index (Phi) is 1.75. The van der Waals surface area contributed by atoms with Crippen molar-refractivity contribution in [2.45, 2.75) is 38.6 Å². The molecule has 0 radical (unpaired) electrons. The maximum absolute atomic E-state index is 12.8. The number of hydrogen-bond donors (Lipinski definition) is 0. The zero-order valence-electron chi connectivity index (χ0n) is 6.15. The van der Waals surface area contributed by atoms with Gasteiger partial charge in [-0.1, -0.05) is 6.42 Å². The van der Waals surface area contributed by atoms with E-state index in [0.29, 0.717) is 6.54 Å². The lowest BCUT2D eigenvalue weighted by molar-refractivity contribution is -0.0904. The average Bonchev–Trinajstić information content (AvgIpc) is 1.77. The van der Waals surface area contributed by atoms with Crippen molar-refractivity contribution in [1.29, 1.82) is 0 Å². The smallest absolute Gasteiger partial charge is 0.0456 e. The molecule has 1 heterocycles. The van der Waals surface area contributed by atoms with Gasteiger partial charge >= 0.3 is 0 Å². The summed E-state index contributed by atoms with van der Waals surface area (Å²) < 4.78 is 12.8. The van der Waals surface area contributed by atoms with Crippen molar-refractivity contribution in [2.24, 2.45) is 0 Å². The molecule has 1 saturated heterocycles. The van der Waals surface area contributed by atoms with Crippen molar-refractivity contribution in [1.82, 2.24) is 5.12 Å². The molecule has 0 amide bonds. The molecule has 0 aromatic heterocycles. The predicted octanol–water partition coefficient (Wildman–Crippen LogP) is 2.14. The summed E-state index contributed by atoms with van der Waals surface area (Å²) in [5.74, 6) is 0. The van der Waals surface area contributed by atoms with Crippen molar-refractivity contribution < 1.29 is 4.48 Å². The summed E-state index contributed by atoms with van der Waals surface area (Å²) in [7, 11) is 0. The highest BCUT2D eigenvalue weighted by atomic mass is 19.2. The van der Waals surface area contributed by atoms with Gasteiger partial charge in [0.25, 0.3) is 0 Å². The highest BCUT2D eigenvalue weighted by molar-refractivity contribution is 4.79. The van der Waals surface area contributed by atoms with Crippen LogP contribution in [-0.4, -0.2) is 17.2 Å². The zero-order chi connectivity index (χ0) is 6.91. The van der Waals surface area contributed by atoms with Gasteiger partial charge in [-0.25, -0.2) is 0 Å². The molecular weight excluding hydrogens is 117 g/mol. The quantitative estimate of drug-likeness (QED) is 0.455. The summed E-state index contributed by atoms with van der Waals surface area (Å²) in [6.07, 6.45) is 3.18. The Hall–Kier alpha value is -0.110. The second kappa shape index (κ2) is 2.25. The van der Waals surface area contributed by atoms with E-state index >= 15 is 0 Å². The second-order valence-electron chi connectivity index (χ2n) is 3.36. The summed E-state index contributed by atoms with van der Waals surface area (Å²) in [6.45, 7) is 4.52. The van der Waals surface area contributed by atoms with Gasteiger partial charge in [0.15, 0.2) is 0 Å². The van der Waals surface area contributed by atoms with Crippen molar-refractivity contribution in [2.75, 3.05) is 6.54 Å². The number of nitrogens with zero attached hydrogens (tertiary/aromatic N) is 1. The van der Waals surface area contributed by atoms with Crippen LogP contribution in [0.4, 0.5) is 4.48 Å². The molecule has 1 nitrogen and oxygen atoms in total. The Bertz CT molecular complexity index is 101. The van der Waals surface area contributed by atoms with E-state index in [4.69, 9.17) is 0 Å². The number of halogens is 1. The number of rotatable bonds is 0. The summed E-state index contributed by atoms with van der Waals surface area (Å²) in [5.41, 5.74) is -0.196. The number of piperidine rings is 1. The van der Waals surface area contributed by atoms with Crippen molar-refractivity contribution in [3.8, 4) is 0 Å². The SMILES string of the molecule is CC1(C)CCCCN1F.